The van der Waals surface area contributed by atoms with Gasteiger partial charge in [-0.05, 0) is 44.1 Å². The number of ether oxygens (including phenoxy) is 1. The molecule has 31 heavy (non-hydrogen) atoms. The number of benzene rings is 1. The number of carboxylic acids is 1. The minimum absolute atomic E-state index is 0.191. The Morgan fingerprint density at radius 1 is 1.16 bits per heavy atom. The van der Waals surface area contributed by atoms with Crippen molar-refractivity contribution in [3.63, 3.8) is 0 Å². The molecule has 3 rings (SSSR count). The number of aliphatic hydroxyl groups excluding tert-OH is 1. The first kappa shape index (κ1) is 22.8. The average molecular weight is 431 g/mol. The third kappa shape index (κ3) is 6.30. The normalized spacial score (nSPS) is 21.8. The van der Waals surface area contributed by atoms with E-state index in [2.05, 4.69) is 36.5 Å². The molecule has 1 heterocycles. The second-order valence-electron chi connectivity index (χ2n) is 8.34. The van der Waals surface area contributed by atoms with Gasteiger partial charge in [0.2, 0.25) is 0 Å². The van der Waals surface area contributed by atoms with E-state index in [0.717, 1.165) is 31.2 Å². The first-order valence-corrected chi connectivity index (χ1v) is 10.7. The first-order chi connectivity index (χ1) is 14.8. The van der Waals surface area contributed by atoms with Gasteiger partial charge in [0.15, 0.2) is 0 Å². The van der Waals surface area contributed by atoms with Gasteiger partial charge < -0.3 is 25.2 Å². The highest BCUT2D eigenvalue weighted by Crippen LogP contribution is 2.29. The second-order valence-corrected chi connectivity index (χ2v) is 8.34. The van der Waals surface area contributed by atoms with Crippen LogP contribution in [0.25, 0.3) is 0 Å². The van der Waals surface area contributed by atoms with E-state index in [1.165, 1.54) is 5.56 Å². The number of carbonyl (C=O) groups is 3. The van der Waals surface area contributed by atoms with Crippen molar-refractivity contribution in [1.29, 1.82) is 0 Å². The molecular formula is C23H30N2O6. The Bertz CT molecular complexity index is 840. The van der Waals surface area contributed by atoms with Crippen LogP contribution in [0.4, 0.5) is 0 Å². The van der Waals surface area contributed by atoms with Gasteiger partial charge in [-0.15, -0.1) is 0 Å². The number of amides is 2. The molecule has 0 aromatic heterocycles. The Morgan fingerprint density at radius 2 is 1.84 bits per heavy atom. The monoisotopic (exact) mass is 430 g/mol. The van der Waals surface area contributed by atoms with Crippen molar-refractivity contribution in [1.82, 2.24) is 10.2 Å². The molecule has 8 nitrogen and oxygen atoms in total. The molecule has 1 aromatic rings. The molecule has 1 aliphatic carbocycles. The predicted molar refractivity (Wildman–Crippen MR) is 113 cm³/mol. The number of aliphatic carboxylic acids is 1. The van der Waals surface area contributed by atoms with E-state index in [1.807, 2.05) is 0 Å². The lowest BCUT2D eigenvalue weighted by molar-refractivity contribution is -0.138. The average Bonchev–Trinajstić information content (AvgIpc) is 2.75. The summed E-state index contributed by atoms with van der Waals surface area (Å²) in [7, 11) is 0. The Balaban J connectivity index is 1.46. The van der Waals surface area contributed by atoms with Crippen molar-refractivity contribution >= 4 is 17.8 Å². The third-order valence-corrected chi connectivity index (χ3v) is 5.91. The van der Waals surface area contributed by atoms with Gasteiger partial charge in [0.05, 0.1) is 12.7 Å². The van der Waals surface area contributed by atoms with Crippen LogP contribution in [0, 0.1) is 12.8 Å². The van der Waals surface area contributed by atoms with Crippen LogP contribution in [0.1, 0.15) is 43.2 Å². The molecule has 1 fully saturated rings. The molecule has 2 aliphatic rings. The molecule has 0 bridgehead atoms. The van der Waals surface area contributed by atoms with Gasteiger partial charge in [-0.3, -0.25) is 14.4 Å². The number of nitrogens with zero attached hydrogens (tertiary/aromatic N) is 1. The zero-order valence-electron chi connectivity index (χ0n) is 17.8. The molecule has 3 N–H and O–H groups in total. The summed E-state index contributed by atoms with van der Waals surface area (Å²) in [6, 6.07) is 8.31. The Morgan fingerprint density at radius 3 is 2.48 bits per heavy atom. The van der Waals surface area contributed by atoms with Crippen LogP contribution >= 0.6 is 0 Å². The van der Waals surface area contributed by atoms with Crippen molar-refractivity contribution in [2.45, 2.75) is 51.7 Å². The number of aliphatic hydroxyl groups is 1. The largest absolute Gasteiger partial charge is 0.511 e. The van der Waals surface area contributed by atoms with Gasteiger partial charge >= 0.3 is 5.97 Å². The zero-order chi connectivity index (χ0) is 22.4. The molecule has 1 aliphatic heterocycles. The fraction of sp³-hybridized carbons (Fsp3) is 0.522. The van der Waals surface area contributed by atoms with Crippen LogP contribution in [0.3, 0.4) is 0 Å². The molecule has 2 amide bonds. The highest BCUT2D eigenvalue weighted by Gasteiger charge is 2.34. The van der Waals surface area contributed by atoms with Crippen molar-refractivity contribution < 1.29 is 29.3 Å². The quantitative estimate of drug-likeness (QED) is 0.545. The molecule has 8 heteroatoms. The fourth-order valence-corrected chi connectivity index (χ4v) is 4.09. The molecule has 168 valence electrons. The molecule has 1 saturated carbocycles. The summed E-state index contributed by atoms with van der Waals surface area (Å²) < 4.78 is 6.06. The maximum atomic E-state index is 12.7. The molecule has 0 spiro atoms. The predicted octanol–water partition coefficient (Wildman–Crippen LogP) is 2.32. The minimum atomic E-state index is -1.21. The maximum absolute atomic E-state index is 12.7. The number of rotatable bonds is 8. The lowest BCUT2D eigenvalue weighted by atomic mass is 9.86. The van der Waals surface area contributed by atoms with Crippen LogP contribution in [-0.4, -0.2) is 58.6 Å². The summed E-state index contributed by atoms with van der Waals surface area (Å²) in [5, 5.41) is 20.9. The fourth-order valence-electron chi connectivity index (χ4n) is 4.09. The van der Waals surface area contributed by atoms with E-state index in [4.69, 9.17) is 9.84 Å². The number of carboxylic acid groups (broad SMARTS) is 1. The van der Waals surface area contributed by atoms with Crippen LogP contribution < -0.4 is 5.32 Å². The highest BCUT2D eigenvalue weighted by molar-refractivity contribution is 6.19. The first-order valence-electron chi connectivity index (χ1n) is 10.7. The molecule has 0 unspecified atom stereocenters. The summed E-state index contributed by atoms with van der Waals surface area (Å²) in [5.74, 6) is -2.56. The van der Waals surface area contributed by atoms with Gasteiger partial charge in [0, 0.05) is 19.5 Å². The SMILES string of the molecule is Cc1ccc(CO[C@H]2CC[C@H](CN3CCC(O)=C(C(=O)NCC(=O)O)C3=O)CC2)cc1. The third-order valence-electron chi connectivity index (χ3n) is 5.91. The van der Waals surface area contributed by atoms with E-state index < -0.39 is 24.3 Å². The number of hydrogen-bond donors (Lipinski definition) is 3. The molecule has 1 aromatic carbocycles. The van der Waals surface area contributed by atoms with E-state index >= 15 is 0 Å². The van der Waals surface area contributed by atoms with Crippen LogP contribution in [-0.2, 0) is 25.7 Å². The molecular weight excluding hydrogens is 400 g/mol. The Hall–Kier alpha value is -2.87. The minimum Gasteiger partial charge on any atom is -0.511 e. The smallest absolute Gasteiger partial charge is 0.322 e. The van der Waals surface area contributed by atoms with Crippen molar-refractivity contribution in [2.24, 2.45) is 5.92 Å². The van der Waals surface area contributed by atoms with Crippen molar-refractivity contribution in [3.05, 3.63) is 46.7 Å². The van der Waals surface area contributed by atoms with E-state index in [9.17, 15) is 19.5 Å². The van der Waals surface area contributed by atoms with Gasteiger partial charge in [0.25, 0.3) is 11.8 Å². The Labute approximate surface area is 181 Å². The number of aryl methyl sites for hydroxylation is 1. The second kappa shape index (κ2) is 10.4. The maximum Gasteiger partial charge on any atom is 0.322 e. The summed E-state index contributed by atoms with van der Waals surface area (Å²) in [5.41, 5.74) is 2.04. The van der Waals surface area contributed by atoms with Gasteiger partial charge in [-0.25, -0.2) is 0 Å². The van der Waals surface area contributed by atoms with Gasteiger partial charge in [-0.1, -0.05) is 29.8 Å². The van der Waals surface area contributed by atoms with Gasteiger partial charge in [-0.2, -0.15) is 0 Å². The molecule has 0 atom stereocenters. The summed E-state index contributed by atoms with van der Waals surface area (Å²) in [6.45, 7) is 2.92. The number of nitrogens with one attached hydrogen (secondary N) is 1. The van der Waals surface area contributed by atoms with E-state index in [0.29, 0.717) is 25.6 Å². The Kier molecular flexibility index (Phi) is 7.68. The molecule has 0 saturated heterocycles. The highest BCUT2D eigenvalue weighted by atomic mass is 16.5. The van der Waals surface area contributed by atoms with E-state index in [1.54, 1.807) is 4.90 Å². The number of hydrogen-bond acceptors (Lipinski definition) is 5. The summed E-state index contributed by atoms with van der Waals surface area (Å²) in [4.78, 5) is 37.1. The van der Waals surface area contributed by atoms with Crippen LogP contribution in [0.15, 0.2) is 35.6 Å². The topological polar surface area (TPSA) is 116 Å². The van der Waals surface area contributed by atoms with E-state index in [-0.39, 0.29) is 23.9 Å². The number of carbonyl (C=O) groups excluding carboxylic acids is 2. The lowest BCUT2D eigenvalue weighted by Crippen LogP contribution is -2.45. The summed E-state index contributed by atoms with van der Waals surface area (Å²) in [6.07, 6.45) is 4.10. The standard InChI is InChI=1S/C23H30N2O6/c1-15-2-4-17(5-3-15)14-31-18-8-6-16(7-9-18)13-25-11-10-19(26)21(23(25)30)22(29)24-12-20(27)28/h2-5,16,18,26H,6-14H2,1H3,(H,24,29)(H,27,28)/t16-,18-. The van der Waals surface area contributed by atoms with Crippen LogP contribution in [0.5, 0.6) is 0 Å². The van der Waals surface area contributed by atoms with Crippen molar-refractivity contribution in [2.75, 3.05) is 19.6 Å². The zero-order valence-corrected chi connectivity index (χ0v) is 17.8. The van der Waals surface area contributed by atoms with Gasteiger partial charge in [0.1, 0.15) is 17.9 Å². The lowest BCUT2D eigenvalue weighted by Gasteiger charge is -2.34. The van der Waals surface area contributed by atoms with Crippen LogP contribution in [0.2, 0.25) is 0 Å². The van der Waals surface area contributed by atoms with Crippen molar-refractivity contribution in [3.8, 4) is 0 Å². The molecule has 0 radical (unpaired) electrons. The summed E-state index contributed by atoms with van der Waals surface area (Å²) >= 11 is 0.